The van der Waals surface area contributed by atoms with E-state index in [2.05, 4.69) is 10.6 Å². The van der Waals surface area contributed by atoms with Crippen molar-refractivity contribution in [1.29, 1.82) is 0 Å². The average molecular weight is 341 g/mol. The molecule has 0 radical (unpaired) electrons. The summed E-state index contributed by atoms with van der Waals surface area (Å²) >= 11 is 0. The minimum Gasteiger partial charge on any atom is -0.383 e. The second-order valence-corrected chi connectivity index (χ2v) is 5.47. The molecule has 0 atom stereocenters. The van der Waals surface area contributed by atoms with E-state index in [1.807, 2.05) is 36.4 Å². The highest BCUT2D eigenvalue weighted by molar-refractivity contribution is 5.97. The third-order valence-corrected chi connectivity index (χ3v) is 3.68. The van der Waals surface area contributed by atoms with Gasteiger partial charge in [-0.2, -0.15) is 0 Å². The molecular weight excluding hydrogens is 318 g/mol. The molecule has 0 spiro atoms. The normalized spacial score (nSPS) is 10.2. The number of hydrogen-bond donors (Lipinski definition) is 2. The molecule has 0 fully saturated rings. The van der Waals surface area contributed by atoms with Crippen molar-refractivity contribution in [2.75, 3.05) is 44.1 Å². The molecule has 0 aliphatic rings. The first kappa shape index (κ1) is 18.5. The number of carbonyl (C=O) groups is 2. The molecular formula is C19H23N3O3. The Labute approximate surface area is 147 Å². The van der Waals surface area contributed by atoms with Gasteiger partial charge in [0.2, 0.25) is 5.91 Å². The summed E-state index contributed by atoms with van der Waals surface area (Å²) in [6, 6.07) is 16.5. The summed E-state index contributed by atoms with van der Waals surface area (Å²) in [5, 5.41) is 5.83. The molecule has 0 bridgehead atoms. The number of hydrogen-bond acceptors (Lipinski definition) is 4. The van der Waals surface area contributed by atoms with Crippen molar-refractivity contribution >= 4 is 23.2 Å². The molecule has 2 aromatic rings. The summed E-state index contributed by atoms with van der Waals surface area (Å²) in [6.45, 7) is 1.05. The van der Waals surface area contributed by atoms with Crippen LogP contribution in [0.2, 0.25) is 0 Å². The van der Waals surface area contributed by atoms with E-state index in [9.17, 15) is 9.59 Å². The van der Waals surface area contributed by atoms with E-state index in [1.54, 1.807) is 37.3 Å². The Morgan fingerprint density at radius 2 is 1.84 bits per heavy atom. The molecule has 0 aromatic heterocycles. The summed E-state index contributed by atoms with van der Waals surface area (Å²) in [5.74, 6) is -0.241. The van der Waals surface area contributed by atoms with Crippen LogP contribution in [0.15, 0.2) is 54.6 Å². The van der Waals surface area contributed by atoms with Crippen LogP contribution >= 0.6 is 0 Å². The minimum absolute atomic E-state index is 0.0684. The first-order valence-corrected chi connectivity index (χ1v) is 8.04. The second-order valence-electron chi connectivity index (χ2n) is 5.47. The molecule has 0 aliphatic heterocycles. The van der Waals surface area contributed by atoms with Gasteiger partial charge in [-0.1, -0.05) is 24.3 Å². The molecule has 2 amide bonds. The summed E-state index contributed by atoms with van der Waals surface area (Å²) < 4.78 is 4.91. The number of anilines is 2. The van der Waals surface area contributed by atoms with E-state index in [1.165, 1.54) is 0 Å². The number of rotatable bonds is 8. The molecule has 2 aromatic carbocycles. The van der Waals surface area contributed by atoms with Crippen molar-refractivity contribution in [2.45, 2.75) is 0 Å². The lowest BCUT2D eigenvalue weighted by atomic mass is 10.2. The molecule has 6 nitrogen and oxygen atoms in total. The first-order valence-electron chi connectivity index (χ1n) is 8.04. The molecule has 132 valence electrons. The number of nitrogens with zero attached hydrogens (tertiary/aromatic N) is 1. The van der Waals surface area contributed by atoms with Gasteiger partial charge in [-0.25, -0.2) is 0 Å². The van der Waals surface area contributed by atoms with Crippen LogP contribution in [0.5, 0.6) is 0 Å². The SMILES string of the molecule is COCCNC(=O)c1cccc(NCC(=O)N(C)c2ccccc2)c1. The predicted octanol–water partition coefficient (Wildman–Crippen LogP) is 2.14. The van der Waals surface area contributed by atoms with Crippen LogP contribution in [-0.4, -0.2) is 45.7 Å². The fraction of sp³-hybridized carbons (Fsp3) is 0.263. The Hall–Kier alpha value is -2.86. The van der Waals surface area contributed by atoms with Crippen LogP contribution in [0.25, 0.3) is 0 Å². The summed E-state index contributed by atoms with van der Waals surface area (Å²) in [6.07, 6.45) is 0. The monoisotopic (exact) mass is 341 g/mol. The van der Waals surface area contributed by atoms with Crippen molar-refractivity contribution in [3.05, 3.63) is 60.2 Å². The van der Waals surface area contributed by atoms with Crippen molar-refractivity contribution in [3.63, 3.8) is 0 Å². The highest BCUT2D eigenvalue weighted by atomic mass is 16.5. The van der Waals surface area contributed by atoms with Crippen molar-refractivity contribution in [1.82, 2.24) is 5.32 Å². The number of para-hydroxylation sites is 1. The number of likely N-dealkylation sites (N-methyl/N-ethyl adjacent to an activating group) is 1. The number of ether oxygens (including phenoxy) is 1. The Kier molecular flexibility index (Phi) is 6.98. The van der Waals surface area contributed by atoms with E-state index in [-0.39, 0.29) is 18.4 Å². The second kappa shape index (κ2) is 9.44. The number of nitrogens with one attached hydrogen (secondary N) is 2. The van der Waals surface area contributed by atoms with Crippen LogP contribution in [0.1, 0.15) is 10.4 Å². The lowest BCUT2D eigenvalue weighted by Crippen LogP contribution is -2.32. The smallest absolute Gasteiger partial charge is 0.251 e. The number of methoxy groups -OCH3 is 1. The van der Waals surface area contributed by atoms with Gasteiger partial charge in [0, 0.05) is 37.6 Å². The van der Waals surface area contributed by atoms with E-state index in [0.29, 0.717) is 24.4 Å². The molecule has 25 heavy (non-hydrogen) atoms. The lowest BCUT2D eigenvalue weighted by molar-refractivity contribution is -0.116. The van der Waals surface area contributed by atoms with Crippen LogP contribution in [-0.2, 0) is 9.53 Å². The maximum atomic E-state index is 12.3. The van der Waals surface area contributed by atoms with E-state index in [0.717, 1.165) is 5.69 Å². The third kappa shape index (κ3) is 5.61. The molecule has 0 aliphatic carbocycles. The van der Waals surface area contributed by atoms with Gasteiger partial charge >= 0.3 is 0 Å². The number of amides is 2. The molecule has 0 heterocycles. The van der Waals surface area contributed by atoms with Gasteiger partial charge in [0.15, 0.2) is 0 Å². The Morgan fingerprint density at radius 3 is 2.56 bits per heavy atom. The van der Waals surface area contributed by atoms with Crippen molar-refractivity contribution in [3.8, 4) is 0 Å². The van der Waals surface area contributed by atoms with Crippen LogP contribution in [0.4, 0.5) is 11.4 Å². The first-order chi connectivity index (χ1) is 12.1. The molecule has 0 saturated carbocycles. The fourth-order valence-electron chi connectivity index (χ4n) is 2.23. The lowest BCUT2D eigenvalue weighted by Gasteiger charge is -2.18. The highest BCUT2D eigenvalue weighted by Crippen LogP contribution is 2.13. The summed E-state index contributed by atoms with van der Waals surface area (Å²) in [4.78, 5) is 25.9. The van der Waals surface area contributed by atoms with E-state index >= 15 is 0 Å². The van der Waals surface area contributed by atoms with Gasteiger partial charge in [-0.05, 0) is 30.3 Å². The fourth-order valence-corrected chi connectivity index (χ4v) is 2.23. The predicted molar refractivity (Wildman–Crippen MR) is 99.0 cm³/mol. The summed E-state index contributed by atoms with van der Waals surface area (Å²) in [7, 11) is 3.32. The maximum Gasteiger partial charge on any atom is 0.251 e. The quantitative estimate of drug-likeness (QED) is 0.722. The van der Waals surface area contributed by atoms with E-state index < -0.39 is 0 Å². The van der Waals surface area contributed by atoms with Gasteiger partial charge in [0.1, 0.15) is 0 Å². The molecule has 0 saturated heterocycles. The Morgan fingerprint density at radius 1 is 1.08 bits per heavy atom. The maximum absolute atomic E-state index is 12.3. The largest absolute Gasteiger partial charge is 0.383 e. The Bertz CT molecular complexity index is 704. The molecule has 6 heteroatoms. The number of carbonyl (C=O) groups excluding carboxylic acids is 2. The van der Waals surface area contributed by atoms with Crippen LogP contribution in [0, 0.1) is 0 Å². The van der Waals surface area contributed by atoms with Crippen LogP contribution < -0.4 is 15.5 Å². The standard InChI is InChI=1S/C19H23N3O3/c1-22(17-9-4-3-5-10-17)18(23)14-21-16-8-6-7-15(13-16)19(24)20-11-12-25-2/h3-10,13,21H,11-12,14H2,1-2H3,(H,20,24). The Balaban J connectivity index is 1.91. The number of benzene rings is 2. The zero-order chi connectivity index (χ0) is 18.1. The van der Waals surface area contributed by atoms with Crippen molar-refractivity contribution in [2.24, 2.45) is 0 Å². The third-order valence-electron chi connectivity index (χ3n) is 3.68. The molecule has 0 unspecified atom stereocenters. The summed E-state index contributed by atoms with van der Waals surface area (Å²) in [5.41, 5.74) is 2.08. The van der Waals surface area contributed by atoms with Gasteiger partial charge < -0.3 is 20.3 Å². The average Bonchev–Trinajstić information content (AvgIpc) is 2.66. The molecule has 2 rings (SSSR count). The van der Waals surface area contributed by atoms with Gasteiger partial charge in [0.25, 0.3) is 5.91 Å². The zero-order valence-electron chi connectivity index (χ0n) is 14.5. The zero-order valence-corrected chi connectivity index (χ0v) is 14.5. The van der Waals surface area contributed by atoms with Crippen molar-refractivity contribution < 1.29 is 14.3 Å². The topological polar surface area (TPSA) is 70.7 Å². The van der Waals surface area contributed by atoms with Gasteiger partial charge in [-0.3, -0.25) is 9.59 Å². The van der Waals surface area contributed by atoms with Gasteiger partial charge in [0.05, 0.1) is 13.2 Å². The van der Waals surface area contributed by atoms with E-state index in [4.69, 9.17) is 4.74 Å². The molecule has 2 N–H and O–H groups in total. The minimum atomic E-state index is -0.173. The van der Waals surface area contributed by atoms with Crippen LogP contribution in [0.3, 0.4) is 0 Å². The highest BCUT2D eigenvalue weighted by Gasteiger charge is 2.11. The van der Waals surface area contributed by atoms with Gasteiger partial charge in [-0.15, -0.1) is 0 Å².